The Hall–Kier alpha value is -2.93. The van der Waals surface area contributed by atoms with Gasteiger partial charge in [-0.2, -0.15) is 0 Å². The molecule has 1 heterocycles. The Kier molecular flexibility index (Phi) is 7.31. The standard InChI is InChI=1S/C14H14N4O7S2/c1-23-10-5-8(3-4-9(10)18(21)22)25-6-11(19)15-13-16-17-14(27-13)26-7-12(20)24-2/h3-5H,6-7H2,1-2H3,(H,15,16,19). The second-order valence-electron chi connectivity index (χ2n) is 4.67. The summed E-state index contributed by atoms with van der Waals surface area (Å²) in [5, 5.41) is 21.2. The summed E-state index contributed by atoms with van der Waals surface area (Å²) in [6.07, 6.45) is 0. The predicted octanol–water partition coefficient (Wildman–Crippen LogP) is 1.74. The van der Waals surface area contributed by atoms with Crippen LogP contribution in [0.15, 0.2) is 22.5 Å². The zero-order chi connectivity index (χ0) is 19.8. The van der Waals surface area contributed by atoms with E-state index in [1.165, 1.54) is 32.4 Å². The highest BCUT2D eigenvalue weighted by atomic mass is 32.2. The first-order valence-corrected chi connectivity index (χ1v) is 9.01. The molecular formula is C14H14N4O7S2. The van der Waals surface area contributed by atoms with Crippen molar-refractivity contribution in [2.45, 2.75) is 4.34 Å². The van der Waals surface area contributed by atoms with Crippen LogP contribution in [0.4, 0.5) is 10.8 Å². The molecule has 2 rings (SSSR count). The lowest BCUT2D eigenvalue weighted by atomic mass is 10.3. The van der Waals surface area contributed by atoms with E-state index >= 15 is 0 Å². The van der Waals surface area contributed by atoms with Gasteiger partial charge in [-0.1, -0.05) is 23.1 Å². The van der Waals surface area contributed by atoms with Crippen LogP contribution >= 0.6 is 23.1 Å². The van der Waals surface area contributed by atoms with Gasteiger partial charge in [0.2, 0.25) is 10.9 Å². The van der Waals surface area contributed by atoms with Gasteiger partial charge < -0.3 is 14.2 Å². The Labute approximate surface area is 161 Å². The molecule has 0 aliphatic heterocycles. The SMILES string of the molecule is COC(=O)CSc1nnc(NC(=O)COc2ccc([N+](=O)[O-])c(OC)c2)s1. The van der Waals surface area contributed by atoms with E-state index in [1.54, 1.807) is 0 Å². The molecule has 0 spiro atoms. The molecule has 144 valence electrons. The number of ether oxygens (including phenoxy) is 3. The number of nitro groups is 1. The zero-order valence-electron chi connectivity index (χ0n) is 14.2. The lowest BCUT2D eigenvalue weighted by Crippen LogP contribution is -2.20. The average Bonchev–Trinajstić information content (AvgIpc) is 3.11. The van der Waals surface area contributed by atoms with Crippen LogP contribution in [0.25, 0.3) is 0 Å². The van der Waals surface area contributed by atoms with Gasteiger partial charge in [-0.15, -0.1) is 10.2 Å². The highest BCUT2D eigenvalue weighted by Crippen LogP contribution is 2.30. The number of methoxy groups -OCH3 is 2. The van der Waals surface area contributed by atoms with Crippen LogP contribution in [-0.4, -0.2) is 53.6 Å². The zero-order valence-corrected chi connectivity index (χ0v) is 15.8. The van der Waals surface area contributed by atoms with Crippen LogP contribution in [0, 0.1) is 10.1 Å². The van der Waals surface area contributed by atoms with Gasteiger partial charge >= 0.3 is 11.7 Å². The summed E-state index contributed by atoms with van der Waals surface area (Å²) in [5.41, 5.74) is -0.208. The van der Waals surface area contributed by atoms with Gasteiger partial charge in [-0.05, 0) is 6.07 Å². The minimum Gasteiger partial charge on any atom is -0.490 e. The van der Waals surface area contributed by atoms with E-state index in [0.717, 1.165) is 23.1 Å². The molecule has 1 aromatic heterocycles. The second kappa shape index (κ2) is 9.68. The summed E-state index contributed by atoms with van der Waals surface area (Å²) < 4.78 is 15.2. The fourth-order valence-electron chi connectivity index (χ4n) is 1.70. The molecule has 0 saturated carbocycles. The first kappa shape index (κ1) is 20.4. The number of esters is 1. The van der Waals surface area contributed by atoms with Crippen molar-refractivity contribution in [3.8, 4) is 11.5 Å². The maximum absolute atomic E-state index is 11.9. The van der Waals surface area contributed by atoms with Gasteiger partial charge in [-0.25, -0.2) is 0 Å². The van der Waals surface area contributed by atoms with Crippen LogP contribution in [0.1, 0.15) is 0 Å². The van der Waals surface area contributed by atoms with Crippen molar-refractivity contribution in [1.82, 2.24) is 10.2 Å². The molecular weight excluding hydrogens is 400 g/mol. The third-order valence-electron chi connectivity index (χ3n) is 2.91. The molecule has 1 aromatic carbocycles. The van der Waals surface area contributed by atoms with E-state index in [9.17, 15) is 19.7 Å². The molecule has 0 fully saturated rings. The minimum absolute atomic E-state index is 0.0225. The summed E-state index contributed by atoms with van der Waals surface area (Å²) in [6, 6.07) is 3.90. The normalized spacial score (nSPS) is 10.1. The van der Waals surface area contributed by atoms with Crippen LogP contribution in [0.2, 0.25) is 0 Å². The number of aromatic nitrogens is 2. The van der Waals surface area contributed by atoms with E-state index < -0.39 is 16.8 Å². The molecule has 2 aromatic rings. The van der Waals surface area contributed by atoms with Crippen LogP contribution in [0.5, 0.6) is 11.5 Å². The topological polar surface area (TPSA) is 143 Å². The van der Waals surface area contributed by atoms with Crippen molar-refractivity contribution in [2.24, 2.45) is 0 Å². The molecule has 1 N–H and O–H groups in total. The molecule has 13 heteroatoms. The van der Waals surface area contributed by atoms with Crippen molar-refractivity contribution >= 4 is 45.8 Å². The first-order valence-electron chi connectivity index (χ1n) is 7.21. The number of hydrogen-bond donors (Lipinski definition) is 1. The lowest BCUT2D eigenvalue weighted by Gasteiger charge is -2.07. The number of carbonyl (C=O) groups excluding carboxylic acids is 2. The average molecular weight is 414 g/mol. The Bertz CT molecular complexity index is 843. The van der Waals surface area contributed by atoms with Crippen molar-refractivity contribution in [2.75, 3.05) is 31.9 Å². The van der Waals surface area contributed by atoms with Gasteiger partial charge in [0.15, 0.2) is 10.9 Å². The summed E-state index contributed by atoms with van der Waals surface area (Å²) >= 11 is 2.23. The molecule has 0 aliphatic carbocycles. The molecule has 1 amide bonds. The maximum atomic E-state index is 11.9. The number of hydrogen-bond acceptors (Lipinski definition) is 11. The molecule has 27 heavy (non-hydrogen) atoms. The van der Waals surface area contributed by atoms with E-state index in [1.807, 2.05) is 0 Å². The molecule has 0 atom stereocenters. The quantitative estimate of drug-likeness (QED) is 0.212. The number of carbonyl (C=O) groups is 2. The van der Waals surface area contributed by atoms with E-state index in [4.69, 9.17) is 9.47 Å². The lowest BCUT2D eigenvalue weighted by molar-refractivity contribution is -0.385. The molecule has 0 aliphatic rings. The largest absolute Gasteiger partial charge is 0.490 e. The highest BCUT2D eigenvalue weighted by molar-refractivity contribution is 8.01. The van der Waals surface area contributed by atoms with Crippen LogP contribution in [0.3, 0.4) is 0 Å². The van der Waals surface area contributed by atoms with E-state index in [2.05, 4.69) is 20.3 Å². The Morgan fingerprint density at radius 3 is 2.78 bits per heavy atom. The fraction of sp³-hybridized carbons (Fsp3) is 0.286. The van der Waals surface area contributed by atoms with Gasteiger partial charge in [0.25, 0.3) is 5.91 Å². The Balaban J connectivity index is 1.87. The van der Waals surface area contributed by atoms with Gasteiger partial charge in [-0.3, -0.25) is 25.0 Å². The smallest absolute Gasteiger partial charge is 0.316 e. The minimum atomic E-state index is -0.583. The molecule has 11 nitrogen and oxygen atoms in total. The monoisotopic (exact) mass is 414 g/mol. The number of rotatable bonds is 9. The maximum Gasteiger partial charge on any atom is 0.316 e. The summed E-state index contributed by atoms with van der Waals surface area (Å²) in [7, 11) is 2.58. The number of nitrogens with one attached hydrogen (secondary N) is 1. The second-order valence-corrected chi connectivity index (χ2v) is 6.87. The van der Waals surface area contributed by atoms with Crippen molar-refractivity contribution in [1.29, 1.82) is 0 Å². The fourth-order valence-corrected chi connectivity index (χ4v) is 3.30. The third kappa shape index (κ3) is 6.07. The summed E-state index contributed by atoms with van der Waals surface area (Å²) in [5.74, 6) is -0.543. The predicted molar refractivity (Wildman–Crippen MR) is 96.4 cm³/mol. The number of nitrogens with zero attached hydrogens (tertiary/aromatic N) is 3. The number of amides is 1. The Morgan fingerprint density at radius 1 is 1.33 bits per heavy atom. The van der Waals surface area contributed by atoms with Gasteiger partial charge in [0, 0.05) is 12.1 Å². The molecule has 0 unspecified atom stereocenters. The first-order chi connectivity index (χ1) is 12.9. The number of thioether (sulfide) groups is 1. The third-order valence-corrected chi connectivity index (χ3v) is 4.86. The molecule has 0 radical (unpaired) electrons. The van der Waals surface area contributed by atoms with Gasteiger partial charge in [0.05, 0.1) is 24.9 Å². The van der Waals surface area contributed by atoms with Gasteiger partial charge in [0.1, 0.15) is 5.75 Å². The van der Waals surface area contributed by atoms with Crippen molar-refractivity contribution < 1.29 is 28.7 Å². The number of benzene rings is 1. The Morgan fingerprint density at radius 2 is 2.11 bits per heavy atom. The summed E-state index contributed by atoms with van der Waals surface area (Å²) in [4.78, 5) is 33.3. The van der Waals surface area contributed by atoms with Crippen molar-refractivity contribution in [3.63, 3.8) is 0 Å². The number of anilines is 1. The van der Waals surface area contributed by atoms with E-state index in [-0.39, 0.29) is 34.7 Å². The highest BCUT2D eigenvalue weighted by Gasteiger charge is 2.16. The summed E-state index contributed by atoms with van der Waals surface area (Å²) in [6.45, 7) is -0.342. The molecule has 0 saturated heterocycles. The van der Waals surface area contributed by atoms with Crippen LogP contribution in [-0.2, 0) is 14.3 Å². The number of nitro benzene ring substituents is 1. The van der Waals surface area contributed by atoms with Crippen molar-refractivity contribution in [3.05, 3.63) is 28.3 Å². The van der Waals surface area contributed by atoms with Crippen LogP contribution < -0.4 is 14.8 Å². The van der Waals surface area contributed by atoms with E-state index in [0.29, 0.717) is 4.34 Å². The molecule has 0 bridgehead atoms.